The zero-order valence-electron chi connectivity index (χ0n) is 20.8. The van der Waals surface area contributed by atoms with E-state index in [1.807, 2.05) is 27.7 Å². The van der Waals surface area contributed by atoms with Gasteiger partial charge in [-0.25, -0.2) is 13.8 Å². The van der Waals surface area contributed by atoms with Crippen LogP contribution < -0.4 is 10.1 Å². The highest BCUT2D eigenvalue weighted by molar-refractivity contribution is 5.85. The first-order valence-electron chi connectivity index (χ1n) is 11.7. The van der Waals surface area contributed by atoms with E-state index in [9.17, 15) is 9.50 Å². The van der Waals surface area contributed by atoms with Gasteiger partial charge in [-0.15, -0.1) is 10.2 Å². The third kappa shape index (κ3) is 4.48. The van der Waals surface area contributed by atoms with Crippen LogP contribution in [-0.4, -0.2) is 53.4 Å². The lowest BCUT2D eigenvalue weighted by molar-refractivity contribution is -0.0281. The number of benzene rings is 1. The first kappa shape index (κ1) is 24.1. The van der Waals surface area contributed by atoms with Gasteiger partial charge in [-0.1, -0.05) is 0 Å². The molecule has 1 aliphatic rings. The Morgan fingerprint density at radius 1 is 1.11 bits per heavy atom. The van der Waals surface area contributed by atoms with Crippen LogP contribution in [0.5, 0.6) is 11.6 Å². The molecular formula is C26H28F2N6O2. The zero-order valence-corrected chi connectivity index (χ0v) is 20.8. The van der Waals surface area contributed by atoms with E-state index >= 15 is 4.39 Å². The number of fused-ring (bicyclic) bond motifs is 1. The smallest absolute Gasteiger partial charge is 0.233 e. The highest BCUT2D eigenvalue weighted by atomic mass is 19.1. The lowest BCUT2D eigenvalue weighted by Gasteiger charge is -2.48. The summed E-state index contributed by atoms with van der Waals surface area (Å²) in [4.78, 5) is 4.33. The van der Waals surface area contributed by atoms with Gasteiger partial charge < -0.3 is 15.2 Å². The summed E-state index contributed by atoms with van der Waals surface area (Å²) >= 11 is 0. The normalized spacial score (nSPS) is 21.0. The number of piperidine rings is 1. The van der Waals surface area contributed by atoms with Gasteiger partial charge >= 0.3 is 0 Å². The standard InChI is InChI=1S/C26H28F2N6O2/c1-25(2)11-20(24(28)26(3,4)33-25)36-21-7-6-18(30-31-21)23-19(35)10-15(12-29-23)14-8-16-13-34(5)32-22(16)17(27)9-14/h6-10,12-13,20,24,33,35H,11H2,1-5H3/t20-,24-/m1/s1. The predicted octanol–water partition coefficient (Wildman–Crippen LogP) is 4.57. The molecule has 5 rings (SSSR count). The number of nitrogens with zero attached hydrogens (tertiary/aromatic N) is 5. The van der Waals surface area contributed by atoms with Gasteiger partial charge in [-0.05, 0) is 57.5 Å². The Labute approximate surface area is 207 Å². The number of halogens is 2. The van der Waals surface area contributed by atoms with Crippen molar-refractivity contribution in [3.05, 3.63) is 48.5 Å². The van der Waals surface area contributed by atoms with Gasteiger partial charge in [0.05, 0.1) is 0 Å². The van der Waals surface area contributed by atoms with E-state index in [-0.39, 0.29) is 28.4 Å². The molecule has 0 radical (unpaired) electrons. The largest absolute Gasteiger partial charge is 0.506 e. The van der Waals surface area contributed by atoms with Crippen molar-refractivity contribution in [3.8, 4) is 34.1 Å². The fourth-order valence-corrected chi connectivity index (χ4v) is 5.02. The van der Waals surface area contributed by atoms with Crippen LogP contribution >= 0.6 is 0 Å². The van der Waals surface area contributed by atoms with Gasteiger partial charge in [-0.2, -0.15) is 5.10 Å². The summed E-state index contributed by atoms with van der Waals surface area (Å²) in [5.74, 6) is -0.395. The van der Waals surface area contributed by atoms with Gasteiger partial charge in [0.15, 0.2) is 12.0 Å². The van der Waals surface area contributed by atoms with Crippen molar-refractivity contribution < 1.29 is 18.6 Å². The highest BCUT2D eigenvalue weighted by Crippen LogP contribution is 2.35. The zero-order chi connectivity index (χ0) is 25.8. The van der Waals surface area contributed by atoms with E-state index in [1.165, 1.54) is 18.3 Å². The number of ether oxygens (including phenoxy) is 1. The van der Waals surface area contributed by atoms with E-state index in [2.05, 4.69) is 25.6 Å². The fraction of sp³-hybridized carbons (Fsp3) is 0.385. The number of pyridine rings is 1. The second-order valence-electron chi connectivity index (χ2n) is 10.5. The summed E-state index contributed by atoms with van der Waals surface area (Å²) in [7, 11) is 1.72. The Kier molecular flexibility index (Phi) is 5.66. The molecular weight excluding hydrogens is 466 g/mol. The molecule has 0 amide bonds. The summed E-state index contributed by atoms with van der Waals surface area (Å²) in [5, 5.41) is 26.9. The van der Waals surface area contributed by atoms with Crippen LogP contribution in [0.2, 0.25) is 0 Å². The molecule has 188 valence electrons. The molecule has 2 atom stereocenters. The number of aromatic hydroxyl groups is 1. The van der Waals surface area contributed by atoms with Crippen LogP contribution in [0.15, 0.2) is 42.7 Å². The van der Waals surface area contributed by atoms with Gasteiger partial charge in [0.1, 0.15) is 28.8 Å². The molecule has 2 N–H and O–H groups in total. The molecule has 8 nitrogen and oxygen atoms in total. The van der Waals surface area contributed by atoms with Crippen molar-refractivity contribution in [1.29, 1.82) is 0 Å². The summed E-state index contributed by atoms with van der Waals surface area (Å²) in [5.41, 5.74) is 0.873. The maximum absolute atomic E-state index is 15.0. The number of alkyl halides is 1. The van der Waals surface area contributed by atoms with E-state index < -0.39 is 23.6 Å². The van der Waals surface area contributed by atoms with Crippen molar-refractivity contribution >= 4 is 10.9 Å². The number of hydrogen-bond acceptors (Lipinski definition) is 7. The molecule has 1 aliphatic heterocycles. The molecule has 36 heavy (non-hydrogen) atoms. The summed E-state index contributed by atoms with van der Waals surface area (Å²) in [6.07, 6.45) is 1.81. The maximum atomic E-state index is 15.0. The van der Waals surface area contributed by atoms with Crippen molar-refractivity contribution in [1.82, 2.24) is 30.3 Å². The molecule has 0 saturated carbocycles. The minimum absolute atomic E-state index is 0.132. The maximum Gasteiger partial charge on any atom is 0.233 e. The van der Waals surface area contributed by atoms with Gasteiger partial charge in [0.25, 0.3) is 0 Å². The van der Waals surface area contributed by atoms with Crippen LogP contribution in [0.3, 0.4) is 0 Å². The molecule has 1 saturated heterocycles. The Morgan fingerprint density at radius 3 is 2.58 bits per heavy atom. The predicted molar refractivity (Wildman–Crippen MR) is 132 cm³/mol. The SMILES string of the molecule is Cn1cc2cc(-c3cnc(-c4ccc(O[C@@H]5CC(C)(C)NC(C)(C)[C@@H]5F)nn4)c(O)c3)cc(F)c2n1. The van der Waals surface area contributed by atoms with Crippen LogP contribution in [0, 0.1) is 5.82 Å². The summed E-state index contributed by atoms with van der Waals surface area (Å²) in [6, 6.07) is 7.83. The molecule has 3 aromatic heterocycles. The Hall–Kier alpha value is -3.66. The Morgan fingerprint density at radius 2 is 1.89 bits per heavy atom. The van der Waals surface area contributed by atoms with E-state index in [1.54, 1.807) is 36.1 Å². The Balaban J connectivity index is 1.37. The fourth-order valence-electron chi connectivity index (χ4n) is 5.02. The number of nitrogens with one attached hydrogen (secondary N) is 1. The first-order valence-corrected chi connectivity index (χ1v) is 11.7. The highest BCUT2D eigenvalue weighted by Gasteiger charge is 2.47. The first-order chi connectivity index (χ1) is 16.9. The van der Waals surface area contributed by atoms with Crippen LogP contribution in [0.4, 0.5) is 8.78 Å². The van der Waals surface area contributed by atoms with Gasteiger partial charge in [0.2, 0.25) is 5.88 Å². The molecule has 0 bridgehead atoms. The van der Waals surface area contributed by atoms with Gasteiger partial charge in [-0.3, -0.25) is 4.68 Å². The molecule has 0 spiro atoms. The van der Waals surface area contributed by atoms with E-state index in [0.29, 0.717) is 28.6 Å². The minimum atomic E-state index is -1.24. The van der Waals surface area contributed by atoms with Crippen molar-refractivity contribution in [2.24, 2.45) is 7.05 Å². The third-order valence-electron chi connectivity index (χ3n) is 6.42. The lowest BCUT2D eigenvalue weighted by Crippen LogP contribution is -2.66. The van der Waals surface area contributed by atoms with E-state index in [0.717, 1.165) is 0 Å². The average molecular weight is 495 g/mol. The van der Waals surface area contributed by atoms with Crippen molar-refractivity contribution in [3.63, 3.8) is 0 Å². The van der Waals surface area contributed by atoms with Crippen LogP contribution in [0.1, 0.15) is 34.1 Å². The van der Waals surface area contributed by atoms with Crippen LogP contribution in [-0.2, 0) is 7.05 Å². The van der Waals surface area contributed by atoms with Crippen molar-refractivity contribution in [2.45, 2.75) is 57.5 Å². The van der Waals surface area contributed by atoms with Gasteiger partial charge in [0, 0.05) is 54.0 Å². The molecule has 10 heteroatoms. The van der Waals surface area contributed by atoms with Crippen LogP contribution in [0.25, 0.3) is 33.4 Å². The monoisotopic (exact) mass is 494 g/mol. The number of rotatable bonds is 4. The molecule has 4 heterocycles. The second kappa shape index (κ2) is 8.48. The third-order valence-corrected chi connectivity index (χ3v) is 6.42. The lowest BCUT2D eigenvalue weighted by atomic mass is 9.79. The summed E-state index contributed by atoms with van der Waals surface area (Å²) in [6.45, 7) is 7.64. The molecule has 0 aliphatic carbocycles. The number of aryl methyl sites for hydroxylation is 1. The topological polar surface area (TPSA) is 98.0 Å². The van der Waals surface area contributed by atoms with Crippen molar-refractivity contribution in [2.75, 3.05) is 0 Å². The van der Waals surface area contributed by atoms with E-state index in [4.69, 9.17) is 4.74 Å². The number of hydrogen-bond donors (Lipinski definition) is 2. The summed E-state index contributed by atoms with van der Waals surface area (Å²) < 4.78 is 36.9. The molecule has 1 fully saturated rings. The minimum Gasteiger partial charge on any atom is -0.506 e. The average Bonchev–Trinajstić information content (AvgIpc) is 3.18. The molecule has 4 aromatic rings. The molecule has 0 unspecified atom stereocenters. The quantitative estimate of drug-likeness (QED) is 0.429. The number of aromatic nitrogens is 5. The molecule has 1 aromatic carbocycles. The Bertz CT molecular complexity index is 1430. The second-order valence-corrected chi connectivity index (χ2v) is 10.5.